The summed E-state index contributed by atoms with van der Waals surface area (Å²) in [7, 11) is 0. The average molecular weight is 273 g/mol. The molecule has 1 saturated carbocycles. The molecule has 4 nitrogen and oxygen atoms in total. The maximum atomic E-state index is 12.5. The summed E-state index contributed by atoms with van der Waals surface area (Å²) in [6.45, 7) is 2.75. The van der Waals surface area contributed by atoms with E-state index in [9.17, 15) is 4.79 Å². The number of likely N-dealkylation sites (tertiary alicyclic amines) is 1. The van der Waals surface area contributed by atoms with Gasteiger partial charge in [-0.2, -0.15) is 0 Å². The van der Waals surface area contributed by atoms with Crippen molar-refractivity contribution in [3.63, 3.8) is 0 Å². The van der Waals surface area contributed by atoms with Gasteiger partial charge in [0.25, 0.3) is 0 Å². The van der Waals surface area contributed by atoms with Crippen LogP contribution in [0.5, 0.6) is 0 Å². The van der Waals surface area contributed by atoms with Crippen LogP contribution in [-0.4, -0.2) is 28.0 Å². The van der Waals surface area contributed by atoms with Crippen molar-refractivity contribution in [1.82, 2.24) is 15.2 Å². The highest BCUT2D eigenvalue weighted by Gasteiger charge is 2.42. The Balaban J connectivity index is 1.61. The van der Waals surface area contributed by atoms with E-state index < -0.39 is 0 Å². The zero-order valence-electron chi connectivity index (χ0n) is 12.1. The lowest BCUT2D eigenvalue weighted by Crippen LogP contribution is -2.47. The fourth-order valence-electron chi connectivity index (χ4n) is 3.83. The van der Waals surface area contributed by atoms with E-state index in [1.807, 2.05) is 12.1 Å². The van der Waals surface area contributed by atoms with Crippen LogP contribution < -0.4 is 5.32 Å². The molecule has 1 aromatic rings. The first-order chi connectivity index (χ1) is 9.75. The molecule has 2 fully saturated rings. The molecule has 4 heteroatoms. The third-order valence-corrected chi connectivity index (χ3v) is 4.75. The molecule has 1 aromatic heterocycles. The Labute approximate surface area is 120 Å². The molecule has 1 N–H and O–H groups in total. The fraction of sp³-hybridized carbons (Fsp3) is 0.625. The number of fused-ring (bicyclic) bond motifs is 1. The molecule has 20 heavy (non-hydrogen) atoms. The van der Waals surface area contributed by atoms with E-state index in [2.05, 4.69) is 22.1 Å². The molecule has 108 valence electrons. The van der Waals surface area contributed by atoms with Crippen molar-refractivity contribution in [2.75, 3.05) is 0 Å². The number of carbonyl (C=O) groups is 1. The van der Waals surface area contributed by atoms with Crippen LogP contribution in [0.2, 0.25) is 0 Å². The Morgan fingerprint density at radius 1 is 1.45 bits per heavy atom. The second-order valence-electron chi connectivity index (χ2n) is 6.12. The van der Waals surface area contributed by atoms with E-state index in [1.165, 1.54) is 32.1 Å². The first kappa shape index (κ1) is 13.4. The van der Waals surface area contributed by atoms with Gasteiger partial charge in [0.05, 0.1) is 0 Å². The van der Waals surface area contributed by atoms with Crippen LogP contribution >= 0.6 is 0 Å². The number of urea groups is 1. The number of nitrogens with zero attached hydrogens (tertiary/aromatic N) is 2. The topological polar surface area (TPSA) is 45.2 Å². The zero-order chi connectivity index (χ0) is 13.9. The van der Waals surface area contributed by atoms with E-state index in [4.69, 9.17) is 0 Å². The minimum Gasteiger partial charge on any atom is -0.334 e. The summed E-state index contributed by atoms with van der Waals surface area (Å²) in [6, 6.07) is 4.82. The van der Waals surface area contributed by atoms with Crippen molar-refractivity contribution in [2.45, 2.75) is 57.7 Å². The summed E-state index contributed by atoms with van der Waals surface area (Å²) in [4.78, 5) is 18.7. The standard InChI is InChI=1S/C16H23N3O/c1-12-9-14-6-2-3-7-15(14)19(12)16(20)18-11-13-5-4-8-17-10-13/h4-5,8,10,12,14-15H,2-3,6-7,9,11H2,1H3,(H,18,20). The van der Waals surface area contributed by atoms with Crippen molar-refractivity contribution < 1.29 is 4.79 Å². The molecule has 1 aliphatic heterocycles. The fourth-order valence-corrected chi connectivity index (χ4v) is 3.83. The van der Waals surface area contributed by atoms with Crippen LogP contribution in [0.4, 0.5) is 4.79 Å². The summed E-state index contributed by atoms with van der Waals surface area (Å²) in [5.74, 6) is 0.725. The van der Waals surface area contributed by atoms with Crippen molar-refractivity contribution in [2.24, 2.45) is 5.92 Å². The molecule has 0 spiro atoms. The number of hydrogen-bond donors (Lipinski definition) is 1. The molecule has 2 aliphatic rings. The lowest BCUT2D eigenvalue weighted by atomic mass is 9.85. The lowest BCUT2D eigenvalue weighted by molar-refractivity contribution is 0.155. The number of aromatic nitrogens is 1. The Morgan fingerprint density at radius 3 is 3.10 bits per heavy atom. The number of nitrogens with one attached hydrogen (secondary N) is 1. The van der Waals surface area contributed by atoms with Gasteiger partial charge < -0.3 is 10.2 Å². The number of hydrogen-bond acceptors (Lipinski definition) is 2. The summed E-state index contributed by atoms with van der Waals surface area (Å²) in [5, 5.41) is 3.05. The van der Waals surface area contributed by atoms with Gasteiger partial charge in [0.1, 0.15) is 0 Å². The SMILES string of the molecule is CC1CC2CCCCC2N1C(=O)NCc1cccnc1. The minimum absolute atomic E-state index is 0.0933. The predicted octanol–water partition coefficient (Wildman–Crippen LogP) is 2.94. The molecular formula is C16H23N3O. The van der Waals surface area contributed by atoms with Crippen molar-refractivity contribution in [3.8, 4) is 0 Å². The first-order valence-corrected chi connectivity index (χ1v) is 7.71. The monoisotopic (exact) mass is 273 g/mol. The highest BCUT2D eigenvalue weighted by Crippen LogP contribution is 2.39. The molecule has 2 amide bonds. The summed E-state index contributed by atoms with van der Waals surface area (Å²) < 4.78 is 0. The Morgan fingerprint density at radius 2 is 2.30 bits per heavy atom. The largest absolute Gasteiger partial charge is 0.334 e. The van der Waals surface area contributed by atoms with Crippen LogP contribution in [0.1, 0.15) is 44.6 Å². The molecule has 1 saturated heterocycles. The third kappa shape index (κ3) is 2.65. The lowest BCUT2D eigenvalue weighted by Gasteiger charge is -2.33. The van der Waals surface area contributed by atoms with Crippen LogP contribution in [-0.2, 0) is 6.54 Å². The highest BCUT2D eigenvalue weighted by atomic mass is 16.2. The highest BCUT2D eigenvalue weighted by molar-refractivity contribution is 5.75. The molecular weight excluding hydrogens is 250 g/mol. The molecule has 0 radical (unpaired) electrons. The second-order valence-corrected chi connectivity index (χ2v) is 6.12. The summed E-state index contributed by atoms with van der Waals surface area (Å²) in [6.07, 6.45) is 9.79. The predicted molar refractivity (Wildman–Crippen MR) is 78.1 cm³/mol. The van der Waals surface area contributed by atoms with Crippen molar-refractivity contribution >= 4 is 6.03 Å². The van der Waals surface area contributed by atoms with Crippen molar-refractivity contribution in [1.29, 1.82) is 0 Å². The average Bonchev–Trinajstić information content (AvgIpc) is 2.82. The van der Waals surface area contributed by atoms with Gasteiger partial charge in [0.2, 0.25) is 0 Å². The van der Waals surface area contributed by atoms with Crippen LogP contribution in [0, 0.1) is 5.92 Å². The quantitative estimate of drug-likeness (QED) is 0.900. The summed E-state index contributed by atoms with van der Waals surface area (Å²) >= 11 is 0. The van der Waals surface area contributed by atoms with E-state index >= 15 is 0 Å². The molecule has 3 unspecified atom stereocenters. The summed E-state index contributed by atoms with van der Waals surface area (Å²) in [5.41, 5.74) is 1.05. The first-order valence-electron chi connectivity index (χ1n) is 7.71. The van der Waals surface area contributed by atoms with E-state index in [-0.39, 0.29) is 6.03 Å². The van der Waals surface area contributed by atoms with Gasteiger partial charge in [0, 0.05) is 31.0 Å². The van der Waals surface area contributed by atoms with Gasteiger partial charge in [-0.25, -0.2) is 4.79 Å². The van der Waals surface area contributed by atoms with Gasteiger partial charge in [-0.1, -0.05) is 18.9 Å². The van der Waals surface area contributed by atoms with Gasteiger partial charge >= 0.3 is 6.03 Å². The van der Waals surface area contributed by atoms with Crippen LogP contribution in [0.25, 0.3) is 0 Å². The van der Waals surface area contributed by atoms with E-state index in [0.717, 1.165) is 11.5 Å². The maximum Gasteiger partial charge on any atom is 0.318 e. The molecule has 0 aromatic carbocycles. The number of carbonyl (C=O) groups excluding carboxylic acids is 1. The second kappa shape index (κ2) is 5.81. The Kier molecular flexibility index (Phi) is 3.90. The molecule has 1 aliphatic carbocycles. The van der Waals surface area contributed by atoms with Crippen LogP contribution in [0.15, 0.2) is 24.5 Å². The third-order valence-electron chi connectivity index (χ3n) is 4.75. The molecule has 2 heterocycles. The smallest absolute Gasteiger partial charge is 0.318 e. The normalized spacial score (nSPS) is 29.1. The number of amides is 2. The van der Waals surface area contributed by atoms with E-state index in [1.54, 1.807) is 12.4 Å². The molecule has 3 rings (SSSR count). The number of rotatable bonds is 2. The van der Waals surface area contributed by atoms with Gasteiger partial charge in [0.15, 0.2) is 0 Å². The molecule has 3 atom stereocenters. The maximum absolute atomic E-state index is 12.5. The van der Waals surface area contributed by atoms with Crippen molar-refractivity contribution in [3.05, 3.63) is 30.1 Å². The zero-order valence-corrected chi connectivity index (χ0v) is 12.1. The van der Waals surface area contributed by atoms with Gasteiger partial charge in [-0.3, -0.25) is 4.98 Å². The van der Waals surface area contributed by atoms with Gasteiger partial charge in [-0.05, 0) is 43.7 Å². The Hall–Kier alpha value is -1.58. The number of pyridine rings is 1. The Bertz CT molecular complexity index is 462. The van der Waals surface area contributed by atoms with Crippen LogP contribution in [0.3, 0.4) is 0 Å². The molecule has 0 bridgehead atoms. The minimum atomic E-state index is 0.0933. The van der Waals surface area contributed by atoms with E-state index in [0.29, 0.717) is 18.6 Å². The van der Waals surface area contributed by atoms with Gasteiger partial charge in [-0.15, -0.1) is 0 Å².